The van der Waals surface area contributed by atoms with Crippen LogP contribution < -0.4 is 11.1 Å². The second-order valence-corrected chi connectivity index (χ2v) is 6.34. The molecule has 0 aliphatic carbocycles. The molecule has 1 atom stereocenters. The van der Waals surface area contributed by atoms with Gasteiger partial charge in [0.2, 0.25) is 0 Å². The minimum absolute atomic E-state index is 0.177. The van der Waals surface area contributed by atoms with Gasteiger partial charge in [-0.1, -0.05) is 5.16 Å². The normalized spacial score (nSPS) is 13.4. The molecule has 0 saturated carbocycles. The van der Waals surface area contributed by atoms with Crippen molar-refractivity contribution in [2.24, 2.45) is 5.73 Å². The first kappa shape index (κ1) is 16.2. The third-order valence-electron chi connectivity index (χ3n) is 3.42. The van der Waals surface area contributed by atoms with Gasteiger partial charge in [-0.05, 0) is 34.6 Å². The molecular weight excluding hydrogens is 282 g/mol. The van der Waals surface area contributed by atoms with Gasteiger partial charge in [-0.25, -0.2) is 0 Å². The smallest absolute Gasteiger partial charge is 0.257 e. The van der Waals surface area contributed by atoms with E-state index in [0.29, 0.717) is 11.3 Å². The van der Waals surface area contributed by atoms with Gasteiger partial charge in [0.25, 0.3) is 5.91 Å². The largest absolute Gasteiger partial charge is 0.364 e. The Kier molecular flexibility index (Phi) is 4.37. The Hall–Kier alpha value is -2.15. The van der Waals surface area contributed by atoms with Gasteiger partial charge in [0.1, 0.15) is 17.5 Å². The maximum atomic E-state index is 12.4. The van der Waals surface area contributed by atoms with E-state index in [1.807, 2.05) is 31.6 Å². The van der Waals surface area contributed by atoms with E-state index in [1.165, 1.54) is 6.26 Å². The topological polar surface area (TPSA) is 99.0 Å². The summed E-state index contributed by atoms with van der Waals surface area (Å²) < 4.78 is 6.76. The first-order valence-electron chi connectivity index (χ1n) is 7.28. The average molecular weight is 305 g/mol. The van der Waals surface area contributed by atoms with E-state index in [-0.39, 0.29) is 18.0 Å². The number of nitrogens with zero attached hydrogens (tertiary/aromatic N) is 3. The molecule has 0 radical (unpaired) electrons. The summed E-state index contributed by atoms with van der Waals surface area (Å²) in [5.74, 6) is -0.264. The number of hydrogen-bond acceptors (Lipinski definition) is 5. The summed E-state index contributed by atoms with van der Waals surface area (Å²) in [7, 11) is 0. The molecule has 0 bridgehead atoms. The minimum atomic E-state index is -0.745. The van der Waals surface area contributed by atoms with Gasteiger partial charge in [0.05, 0.1) is 17.8 Å². The zero-order chi connectivity index (χ0) is 16.5. The molecule has 7 heteroatoms. The third-order valence-corrected chi connectivity index (χ3v) is 3.42. The molecule has 0 aromatic carbocycles. The van der Waals surface area contributed by atoms with Gasteiger partial charge >= 0.3 is 0 Å². The fourth-order valence-electron chi connectivity index (χ4n) is 2.08. The van der Waals surface area contributed by atoms with Crippen LogP contribution in [0.15, 0.2) is 23.2 Å². The maximum absolute atomic E-state index is 12.4. The number of carbonyl (C=O) groups excluding carboxylic acids is 1. The zero-order valence-corrected chi connectivity index (χ0v) is 13.6. The molecule has 0 aliphatic heterocycles. The van der Waals surface area contributed by atoms with Crippen molar-refractivity contribution in [2.75, 3.05) is 0 Å². The molecule has 1 amide bonds. The molecule has 0 saturated heterocycles. The molecule has 0 aliphatic rings. The molecule has 0 fully saturated rings. The first-order chi connectivity index (χ1) is 10.2. The van der Waals surface area contributed by atoms with Crippen molar-refractivity contribution in [3.05, 3.63) is 35.5 Å². The third kappa shape index (κ3) is 3.36. The van der Waals surface area contributed by atoms with Gasteiger partial charge in [0.15, 0.2) is 0 Å². The summed E-state index contributed by atoms with van der Waals surface area (Å²) in [5.41, 5.74) is 6.99. The highest BCUT2D eigenvalue weighted by Crippen LogP contribution is 2.21. The fraction of sp³-hybridized carbons (Fsp3) is 0.533. The van der Waals surface area contributed by atoms with Crippen LogP contribution in [0.25, 0.3) is 0 Å². The lowest BCUT2D eigenvalue weighted by atomic mass is 9.98. The number of hydrogen-bond donors (Lipinski definition) is 2. The van der Waals surface area contributed by atoms with Crippen LogP contribution in [0.2, 0.25) is 0 Å². The van der Waals surface area contributed by atoms with Gasteiger partial charge in [-0.3, -0.25) is 9.48 Å². The second-order valence-electron chi connectivity index (χ2n) is 6.34. The van der Waals surface area contributed by atoms with E-state index < -0.39 is 5.54 Å². The van der Waals surface area contributed by atoms with Gasteiger partial charge in [0, 0.05) is 17.8 Å². The molecule has 0 spiro atoms. The van der Waals surface area contributed by atoms with Crippen molar-refractivity contribution < 1.29 is 9.32 Å². The molecule has 2 rings (SSSR count). The lowest BCUT2D eigenvalue weighted by molar-refractivity contribution is 0.0937. The Morgan fingerprint density at radius 2 is 2.09 bits per heavy atom. The van der Waals surface area contributed by atoms with Crippen LogP contribution in [0.3, 0.4) is 0 Å². The van der Waals surface area contributed by atoms with Crippen LogP contribution in [-0.2, 0) is 5.54 Å². The molecule has 2 heterocycles. The predicted octanol–water partition coefficient (Wildman–Crippen LogP) is 2.14. The fourth-order valence-corrected chi connectivity index (χ4v) is 2.08. The quantitative estimate of drug-likeness (QED) is 0.881. The van der Waals surface area contributed by atoms with Crippen molar-refractivity contribution in [3.63, 3.8) is 0 Å². The molecule has 2 aromatic rings. The van der Waals surface area contributed by atoms with E-state index in [1.54, 1.807) is 20.0 Å². The van der Waals surface area contributed by atoms with E-state index in [9.17, 15) is 4.79 Å². The Labute approximate surface area is 129 Å². The van der Waals surface area contributed by atoms with E-state index in [0.717, 1.165) is 5.56 Å². The molecule has 120 valence electrons. The van der Waals surface area contributed by atoms with Crippen LogP contribution in [0.1, 0.15) is 68.3 Å². The highest BCUT2D eigenvalue weighted by atomic mass is 16.5. The monoisotopic (exact) mass is 305 g/mol. The van der Waals surface area contributed by atoms with Crippen LogP contribution in [-0.4, -0.2) is 20.8 Å². The second kappa shape index (κ2) is 5.92. The highest BCUT2D eigenvalue weighted by molar-refractivity contribution is 5.95. The number of nitrogens with two attached hydrogens (primary N) is 1. The van der Waals surface area contributed by atoms with E-state index >= 15 is 0 Å². The highest BCUT2D eigenvalue weighted by Gasteiger charge is 2.27. The molecule has 3 N–H and O–H groups in total. The number of nitrogens with one attached hydrogen (secondary N) is 1. The van der Waals surface area contributed by atoms with Crippen molar-refractivity contribution in [1.82, 2.24) is 20.3 Å². The predicted molar refractivity (Wildman–Crippen MR) is 82.2 cm³/mol. The summed E-state index contributed by atoms with van der Waals surface area (Å²) in [6.45, 7) is 9.55. The van der Waals surface area contributed by atoms with Gasteiger partial charge in [-0.2, -0.15) is 5.10 Å². The average Bonchev–Trinajstić information content (AvgIpc) is 3.07. The maximum Gasteiger partial charge on any atom is 0.257 e. The summed E-state index contributed by atoms with van der Waals surface area (Å²) in [5, 5.41) is 11.0. The van der Waals surface area contributed by atoms with Gasteiger partial charge in [-0.15, -0.1) is 0 Å². The lowest BCUT2D eigenvalue weighted by Gasteiger charge is -2.17. The van der Waals surface area contributed by atoms with Gasteiger partial charge < -0.3 is 15.6 Å². The molecular formula is C15H23N5O2. The van der Waals surface area contributed by atoms with Crippen LogP contribution >= 0.6 is 0 Å². The molecule has 22 heavy (non-hydrogen) atoms. The van der Waals surface area contributed by atoms with Crippen LogP contribution in [0.5, 0.6) is 0 Å². The molecule has 1 unspecified atom stereocenters. The van der Waals surface area contributed by atoms with Crippen molar-refractivity contribution in [1.29, 1.82) is 0 Å². The Morgan fingerprint density at radius 1 is 1.41 bits per heavy atom. The summed E-state index contributed by atoms with van der Waals surface area (Å²) in [6.07, 6.45) is 5.01. The Morgan fingerprint density at radius 3 is 2.64 bits per heavy atom. The minimum Gasteiger partial charge on any atom is -0.364 e. The molecule has 2 aromatic heterocycles. The number of aromatic nitrogens is 3. The van der Waals surface area contributed by atoms with E-state index in [2.05, 4.69) is 15.6 Å². The Bertz CT molecular complexity index is 651. The number of amides is 1. The number of rotatable bonds is 5. The Balaban J connectivity index is 2.13. The van der Waals surface area contributed by atoms with Crippen molar-refractivity contribution >= 4 is 5.91 Å². The lowest BCUT2D eigenvalue weighted by Crippen LogP contribution is -2.34. The summed E-state index contributed by atoms with van der Waals surface area (Å²) in [4.78, 5) is 12.4. The first-order valence-corrected chi connectivity index (χ1v) is 7.28. The standard InChI is InChI=1S/C15H23N5O2/c1-9(2)20-7-11(6-17-20)10(3)18-14(21)12-8-22-19-13(12)15(4,5)16/h6-10H,16H2,1-5H3,(H,18,21). The van der Waals surface area contributed by atoms with Crippen LogP contribution in [0, 0.1) is 0 Å². The SMILES string of the molecule is CC(NC(=O)c1conc1C(C)(C)N)c1cnn(C(C)C)c1. The summed E-state index contributed by atoms with van der Waals surface area (Å²) in [6, 6.07) is 0.100. The van der Waals surface area contributed by atoms with Crippen molar-refractivity contribution in [2.45, 2.75) is 52.2 Å². The van der Waals surface area contributed by atoms with E-state index in [4.69, 9.17) is 10.3 Å². The number of carbonyl (C=O) groups is 1. The van der Waals surface area contributed by atoms with Crippen molar-refractivity contribution in [3.8, 4) is 0 Å². The van der Waals surface area contributed by atoms with Crippen LogP contribution in [0.4, 0.5) is 0 Å². The summed E-state index contributed by atoms with van der Waals surface area (Å²) >= 11 is 0. The molecule has 7 nitrogen and oxygen atoms in total. The zero-order valence-electron chi connectivity index (χ0n) is 13.6.